The van der Waals surface area contributed by atoms with Gasteiger partial charge >= 0.3 is 12.1 Å². The van der Waals surface area contributed by atoms with Crippen molar-refractivity contribution in [3.05, 3.63) is 119 Å². The summed E-state index contributed by atoms with van der Waals surface area (Å²) in [6.45, 7) is 5.56. The Balaban J connectivity index is 1.33. The fraction of sp³-hybridized carbons (Fsp3) is 0.188. The van der Waals surface area contributed by atoms with Crippen molar-refractivity contribution in [3.8, 4) is 23.0 Å². The molecular formula is C32H30O6. The van der Waals surface area contributed by atoms with E-state index < -0.39 is 6.16 Å². The monoisotopic (exact) mass is 510 g/mol. The van der Waals surface area contributed by atoms with Crippen LogP contribution in [0.4, 0.5) is 4.79 Å². The van der Waals surface area contributed by atoms with Gasteiger partial charge in [-0.1, -0.05) is 62.4 Å². The summed E-state index contributed by atoms with van der Waals surface area (Å²) >= 11 is 0. The molecule has 0 N–H and O–H groups in total. The van der Waals surface area contributed by atoms with Crippen molar-refractivity contribution < 1.29 is 28.5 Å². The molecule has 0 radical (unpaired) electrons. The minimum Gasteiger partial charge on any atom is -0.497 e. The molecule has 0 aliphatic carbocycles. The highest BCUT2D eigenvalue weighted by molar-refractivity contribution is 5.69. The lowest BCUT2D eigenvalue weighted by Gasteiger charge is -2.26. The van der Waals surface area contributed by atoms with Gasteiger partial charge in [0.25, 0.3) is 0 Å². The zero-order valence-electron chi connectivity index (χ0n) is 21.9. The van der Waals surface area contributed by atoms with Gasteiger partial charge in [-0.25, -0.2) is 4.79 Å². The van der Waals surface area contributed by atoms with Crippen LogP contribution >= 0.6 is 0 Å². The molecule has 0 bridgehead atoms. The van der Waals surface area contributed by atoms with Gasteiger partial charge in [0.1, 0.15) is 23.0 Å². The molecule has 0 unspecified atom stereocenters. The van der Waals surface area contributed by atoms with Gasteiger partial charge in [0.15, 0.2) is 0 Å². The molecule has 0 fully saturated rings. The number of carbonyl (C=O) groups excluding carboxylic acids is 2. The van der Waals surface area contributed by atoms with Gasteiger partial charge < -0.3 is 18.9 Å². The smallest absolute Gasteiger partial charge is 0.497 e. The highest BCUT2D eigenvalue weighted by atomic mass is 16.7. The number of esters is 1. The second-order valence-electron chi connectivity index (χ2n) is 9.39. The number of hydrogen-bond donors (Lipinski definition) is 0. The van der Waals surface area contributed by atoms with Gasteiger partial charge in [0.2, 0.25) is 0 Å². The molecule has 4 rings (SSSR count). The van der Waals surface area contributed by atoms with Crippen LogP contribution in [0.15, 0.2) is 97.1 Å². The Labute approximate surface area is 222 Å². The van der Waals surface area contributed by atoms with Gasteiger partial charge in [-0.05, 0) is 77.2 Å². The summed E-state index contributed by atoms with van der Waals surface area (Å²) < 4.78 is 21.0. The van der Waals surface area contributed by atoms with Crippen LogP contribution in [-0.4, -0.2) is 19.2 Å². The standard InChI is InChI=1S/C32H30O6/c1-22(33)36-28-17-9-25(10-18-28)32(2,3)26-11-19-30(20-12-26)38-31(34)37-29-15-7-24(8-16-29)21-23-5-13-27(35-4)14-6-23/h5-20H,21H2,1-4H3. The van der Waals surface area contributed by atoms with Crippen LogP contribution in [0.1, 0.15) is 43.0 Å². The Bertz CT molecular complexity index is 1370. The number of hydrogen-bond acceptors (Lipinski definition) is 6. The highest BCUT2D eigenvalue weighted by Gasteiger charge is 2.23. The fourth-order valence-electron chi connectivity index (χ4n) is 4.08. The van der Waals surface area contributed by atoms with Crippen LogP contribution in [0.25, 0.3) is 0 Å². The number of rotatable bonds is 8. The first kappa shape index (κ1) is 26.5. The third-order valence-electron chi connectivity index (χ3n) is 6.31. The quantitative estimate of drug-likeness (QED) is 0.143. The molecule has 38 heavy (non-hydrogen) atoms. The van der Waals surface area contributed by atoms with Gasteiger partial charge in [-0.15, -0.1) is 0 Å². The average Bonchev–Trinajstić information content (AvgIpc) is 2.90. The van der Waals surface area contributed by atoms with Crippen molar-refractivity contribution in [2.24, 2.45) is 0 Å². The molecule has 0 saturated carbocycles. The van der Waals surface area contributed by atoms with E-state index in [-0.39, 0.29) is 11.4 Å². The Hall–Kier alpha value is -4.58. The Morgan fingerprint density at radius 3 is 1.34 bits per heavy atom. The van der Waals surface area contributed by atoms with Crippen LogP contribution in [0.3, 0.4) is 0 Å². The normalized spacial score (nSPS) is 10.9. The lowest BCUT2D eigenvalue weighted by atomic mass is 9.78. The summed E-state index contributed by atoms with van der Waals surface area (Å²) in [7, 11) is 1.64. The summed E-state index contributed by atoms with van der Waals surface area (Å²) in [5, 5.41) is 0. The third kappa shape index (κ3) is 6.79. The second-order valence-corrected chi connectivity index (χ2v) is 9.39. The molecule has 0 aliphatic heterocycles. The first-order chi connectivity index (χ1) is 18.2. The van der Waals surface area contributed by atoms with E-state index >= 15 is 0 Å². The van der Waals surface area contributed by atoms with E-state index in [4.69, 9.17) is 18.9 Å². The topological polar surface area (TPSA) is 71.1 Å². The van der Waals surface area contributed by atoms with Crippen molar-refractivity contribution in [2.75, 3.05) is 7.11 Å². The molecule has 0 saturated heterocycles. The second kappa shape index (κ2) is 11.6. The molecule has 4 aromatic carbocycles. The van der Waals surface area contributed by atoms with Gasteiger partial charge in [-0.3, -0.25) is 4.79 Å². The predicted molar refractivity (Wildman–Crippen MR) is 145 cm³/mol. The highest BCUT2D eigenvalue weighted by Crippen LogP contribution is 2.33. The lowest BCUT2D eigenvalue weighted by Crippen LogP contribution is -2.19. The molecule has 6 heteroatoms. The zero-order valence-corrected chi connectivity index (χ0v) is 21.9. The van der Waals surface area contributed by atoms with Crippen molar-refractivity contribution in [2.45, 2.75) is 32.6 Å². The number of benzene rings is 4. The third-order valence-corrected chi connectivity index (χ3v) is 6.31. The summed E-state index contributed by atoms with van der Waals surface area (Å²) in [5.41, 5.74) is 4.02. The minimum absolute atomic E-state index is 0.318. The Kier molecular flexibility index (Phi) is 8.12. The van der Waals surface area contributed by atoms with Gasteiger partial charge in [-0.2, -0.15) is 0 Å². The van der Waals surface area contributed by atoms with Crippen molar-refractivity contribution >= 4 is 12.1 Å². The van der Waals surface area contributed by atoms with Gasteiger partial charge in [0, 0.05) is 12.3 Å². The number of methoxy groups -OCH3 is 1. The molecule has 194 valence electrons. The first-order valence-electron chi connectivity index (χ1n) is 12.2. The number of ether oxygens (including phenoxy) is 4. The lowest BCUT2D eigenvalue weighted by molar-refractivity contribution is -0.131. The first-order valence-corrected chi connectivity index (χ1v) is 12.2. The van der Waals surface area contributed by atoms with Crippen molar-refractivity contribution in [1.82, 2.24) is 0 Å². The zero-order chi connectivity index (χ0) is 27.1. The molecule has 6 nitrogen and oxygen atoms in total. The molecule has 0 spiro atoms. The fourth-order valence-corrected chi connectivity index (χ4v) is 4.08. The van der Waals surface area contributed by atoms with E-state index in [2.05, 4.69) is 13.8 Å². The van der Waals surface area contributed by atoms with Crippen LogP contribution in [0, 0.1) is 0 Å². The summed E-state index contributed by atoms with van der Waals surface area (Å²) in [5.74, 6) is 1.76. The average molecular weight is 511 g/mol. The molecule has 0 heterocycles. The van der Waals surface area contributed by atoms with E-state index in [0.29, 0.717) is 17.2 Å². The predicted octanol–water partition coefficient (Wildman–Crippen LogP) is 7.12. The van der Waals surface area contributed by atoms with Crippen LogP contribution in [0.5, 0.6) is 23.0 Å². The van der Waals surface area contributed by atoms with Crippen molar-refractivity contribution in [3.63, 3.8) is 0 Å². The Morgan fingerprint density at radius 2 is 0.947 bits per heavy atom. The number of carbonyl (C=O) groups is 2. The maximum absolute atomic E-state index is 12.3. The van der Waals surface area contributed by atoms with E-state index in [0.717, 1.165) is 34.4 Å². The summed E-state index contributed by atoms with van der Waals surface area (Å²) in [4.78, 5) is 23.5. The van der Waals surface area contributed by atoms with Crippen LogP contribution in [-0.2, 0) is 16.6 Å². The molecule has 0 aromatic heterocycles. The molecular weight excluding hydrogens is 480 g/mol. The summed E-state index contributed by atoms with van der Waals surface area (Å²) in [6.07, 6.45) is -0.0470. The van der Waals surface area contributed by atoms with E-state index in [9.17, 15) is 9.59 Å². The minimum atomic E-state index is -0.805. The molecule has 0 aliphatic rings. The largest absolute Gasteiger partial charge is 0.519 e. The molecule has 4 aromatic rings. The van der Waals surface area contributed by atoms with E-state index in [1.54, 1.807) is 43.5 Å². The Morgan fingerprint density at radius 1 is 0.579 bits per heavy atom. The van der Waals surface area contributed by atoms with Crippen LogP contribution < -0.4 is 18.9 Å². The molecule has 0 atom stereocenters. The van der Waals surface area contributed by atoms with E-state index in [1.807, 2.05) is 60.7 Å². The maximum atomic E-state index is 12.3. The maximum Gasteiger partial charge on any atom is 0.519 e. The van der Waals surface area contributed by atoms with E-state index in [1.165, 1.54) is 6.92 Å². The summed E-state index contributed by atoms with van der Waals surface area (Å²) in [6, 6.07) is 30.0. The van der Waals surface area contributed by atoms with Gasteiger partial charge in [0.05, 0.1) is 7.11 Å². The van der Waals surface area contributed by atoms with Crippen LogP contribution in [0.2, 0.25) is 0 Å². The SMILES string of the molecule is COc1ccc(Cc2ccc(OC(=O)Oc3ccc(C(C)(C)c4ccc(OC(C)=O)cc4)cc3)cc2)cc1. The van der Waals surface area contributed by atoms with Crippen molar-refractivity contribution in [1.29, 1.82) is 0 Å². The molecule has 0 amide bonds.